The van der Waals surface area contributed by atoms with Crippen molar-refractivity contribution in [2.75, 3.05) is 35.0 Å². The fraction of sp³-hybridized carbons (Fsp3) is 0.310. The minimum atomic E-state index is -0.291. The van der Waals surface area contributed by atoms with Crippen LogP contribution in [0.2, 0.25) is 0 Å². The second-order valence-corrected chi connectivity index (χ2v) is 8.80. The van der Waals surface area contributed by atoms with Gasteiger partial charge in [0.05, 0.1) is 34.7 Å². The van der Waals surface area contributed by atoms with Crippen LogP contribution in [0, 0.1) is 0 Å². The first-order chi connectivity index (χ1) is 18.0. The Kier molecular flexibility index (Phi) is 8.30. The van der Waals surface area contributed by atoms with E-state index in [4.69, 9.17) is 18.9 Å². The van der Waals surface area contributed by atoms with Crippen molar-refractivity contribution in [2.24, 2.45) is 5.10 Å². The third kappa shape index (κ3) is 5.86. The first-order valence-electron chi connectivity index (χ1n) is 12.1. The molecule has 4 rings (SSSR count). The van der Waals surface area contributed by atoms with E-state index in [1.165, 1.54) is 11.1 Å². The highest BCUT2D eigenvalue weighted by atomic mass is 16.5. The zero-order valence-corrected chi connectivity index (χ0v) is 21.9. The van der Waals surface area contributed by atoms with Gasteiger partial charge < -0.3 is 18.9 Å². The van der Waals surface area contributed by atoms with Gasteiger partial charge in [0, 0.05) is 30.3 Å². The fourth-order valence-corrected chi connectivity index (χ4v) is 4.61. The van der Waals surface area contributed by atoms with Crippen LogP contribution >= 0.6 is 0 Å². The predicted molar refractivity (Wildman–Crippen MR) is 143 cm³/mol. The van der Waals surface area contributed by atoms with Crippen LogP contribution in [0.5, 0.6) is 23.0 Å². The average molecular weight is 504 g/mol. The molecule has 0 spiro atoms. The topological polar surface area (TPSA) is 81.6 Å². The smallest absolute Gasteiger partial charge is 0.271 e. The lowest BCUT2D eigenvalue weighted by Gasteiger charge is -2.36. The van der Waals surface area contributed by atoms with Gasteiger partial charge in [0.1, 0.15) is 11.5 Å². The van der Waals surface area contributed by atoms with Gasteiger partial charge in [-0.15, -0.1) is 0 Å². The molecule has 8 heteroatoms. The van der Waals surface area contributed by atoms with Crippen molar-refractivity contribution in [2.45, 2.75) is 25.9 Å². The lowest BCUT2D eigenvalue weighted by Crippen LogP contribution is -2.33. The summed E-state index contributed by atoms with van der Waals surface area (Å²) in [4.78, 5) is 14.8. The van der Waals surface area contributed by atoms with Crippen LogP contribution in [0.1, 0.15) is 45.6 Å². The molecule has 0 bridgehead atoms. The average Bonchev–Trinajstić information content (AvgIpc) is 2.94. The molecule has 3 aromatic rings. The van der Waals surface area contributed by atoms with Crippen LogP contribution < -0.4 is 24.4 Å². The second-order valence-electron chi connectivity index (χ2n) is 8.80. The molecule has 0 aromatic heterocycles. The van der Waals surface area contributed by atoms with Gasteiger partial charge in [0.25, 0.3) is 5.91 Å². The maximum absolute atomic E-state index is 12.4. The monoisotopic (exact) mass is 503 g/mol. The molecule has 0 saturated heterocycles. The molecule has 8 nitrogen and oxygen atoms in total. The Labute approximate surface area is 217 Å². The largest absolute Gasteiger partial charge is 0.497 e. The summed E-state index contributed by atoms with van der Waals surface area (Å²) in [5, 5.41) is 4.15. The first-order valence-corrected chi connectivity index (χ1v) is 12.1. The Morgan fingerprint density at radius 3 is 2.32 bits per heavy atom. The van der Waals surface area contributed by atoms with Crippen molar-refractivity contribution in [1.82, 2.24) is 10.3 Å². The molecule has 1 aliphatic heterocycles. The summed E-state index contributed by atoms with van der Waals surface area (Å²) in [6.07, 6.45) is 2.55. The fourth-order valence-electron chi connectivity index (χ4n) is 4.61. The van der Waals surface area contributed by atoms with Gasteiger partial charge in [0.2, 0.25) is 0 Å². The molecule has 37 heavy (non-hydrogen) atoms. The van der Waals surface area contributed by atoms with Crippen LogP contribution in [0.15, 0.2) is 59.7 Å². The second kappa shape index (κ2) is 11.8. The number of carbonyl (C=O) groups excluding carboxylic acids is 1. The van der Waals surface area contributed by atoms with Crippen molar-refractivity contribution in [3.63, 3.8) is 0 Å². The number of hydrogen-bond donors (Lipinski definition) is 1. The predicted octanol–water partition coefficient (Wildman–Crippen LogP) is 4.60. The van der Waals surface area contributed by atoms with Crippen molar-refractivity contribution >= 4 is 12.1 Å². The summed E-state index contributed by atoms with van der Waals surface area (Å²) in [6.45, 7) is 3.82. The third-order valence-corrected chi connectivity index (χ3v) is 6.72. The molecule has 1 N–H and O–H groups in total. The molecule has 194 valence electrons. The van der Waals surface area contributed by atoms with E-state index in [1.54, 1.807) is 58.9 Å². The maximum Gasteiger partial charge on any atom is 0.271 e. The SMILES string of the molecule is COc1ccc(C(=O)N/N=C\c2ccc(OC)c(CN3CCc4cc(OC)c(OC)cc4[C@H]3C)c2)cc1. The van der Waals surface area contributed by atoms with Crippen molar-refractivity contribution in [3.8, 4) is 23.0 Å². The number of amides is 1. The number of hydrogen-bond acceptors (Lipinski definition) is 7. The molecular weight excluding hydrogens is 470 g/mol. The van der Waals surface area contributed by atoms with Gasteiger partial charge in [0.15, 0.2) is 11.5 Å². The number of carbonyl (C=O) groups is 1. The van der Waals surface area contributed by atoms with Gasteiger partial charge in [-0.25, -0.2) is 5.43 Å². The number of hydrazone groups is 1. The molecule has 1 atom stereocenters. The number of benzene rings is 3. The lowest BCUT2D eigenvalue weighted by molar-refractivity contribution is 0.0955. The third-order valence-electron chi connectivity index (χ3n) is 6.72. The van der Waals surface area contributed by atoms with E-state index in [-0.39, 0.29) is 11.9 Å². The molecule has 1 aliphatic rings. The first kappa shape index (κ1) is 26.0. The Morgan fingerprint density at radius 2 is 1.65 bits per heavy atom. The number of rotatable bonds is 9. The number of nitrogens with one attached hydrogen (secondary N) is 1. The standard InChI is InChI=1S/C29H33N3O5/c1-19-25-16-28(37-5)27(36-4)15-22(25)12-13-32(19)18-23-14-20(6-11-26(23)35-3)17-30-31-29(33)21-7-9-24(34-2)10-8-21/h6-11,14-17,19H,12-13,18H2,1-5H3,(H,31,33)/b30-17-/t19-/m1/s1. The van der Waals surface area contributed by atoms with Gasteiger partial charge in [-0.3, -0.25) is 9.69 Å². The summed E-state index contributed by atoms with van der Waals surface area (Å²) < 4.78 is 21.8. The van der Waals surface area contributed by atoms with Gasteiger partial charge in [-0.2, -0.15) is 5.10 Å². The van der Waals surface area contributed by atoms with Gasteiger partial charge in [-0.05, 0) is 84.6 Å². The molecule has 1 heterocycles. The van der Waals surface area contributed by atoms with E-state index in [0.29, 0.717) is 17.9 Å². The van der Waals surface area contributed by atoms with Crippen LogP contribution in [-0.2, 0) is 13.0 Å². The summed E-state index contributed by atoms with van der Waals surface area (Å²) in [6, 6.07) is 17.1. The van der Waals surface area contributed by atoms with Crippen LogP contribution in [0.25, 0.3) is 0 Å². The number of nitrogens with zero attached hydrogens (tertiary/aromatic N) is 2. The van der Waals surface area contributed by atoms with Crippen molar-refractivity contribution < 1.29 is 23.7 Å². The molecule has 0 aliphatic carbocycles. The van der Waals surface area contributed by atoms with Crippen LogP contribution in [0.4, 0.5) is 0 Å². The van der Waals surface area contributed by atoms with E-state index in [9.17, 15) is 4.79 Å². The van der Waals surface area contributed by atoms with E-state index in [0.717, 1.165) is 41.3 Å². The zero-order chi connectivity index (χ0) is 26.4. The van der Waals surface area contributed by atoms with Gasteiger partial charge >= 0.3 is 0 Å². The number of ether oxygens (including phenoxy) is 4. The normalized spacial score (nSPS) is 15.2. The molecule has 3 aromatic carbocycles. The summed E-state index contributed by atoms with van der Waals surface area (Å²) in [5.41, 5.74) is 7.51. The van der Waals surface area contributed by atoms with E-state index < -0.39 is 0 Å². The van der Waals surface area contributed by atoms with E-state index in [1.807, 2.05) is 18.2 Å². The summed E-state index contributed by atoms with van der Waals surface area (Å²) >= 11 is 0. The molecule has 0 unspecified atom stereocenters. The Bertz CT molecular complexity index is 1270. The van der Waals surface area contributed by atoms with Crippen LogP contribution in [0.3, 0.4) is 0 Å². The number of fused-ring (bicyclic) bond motifs is 1. The van der Waals surface area contributed by atoms with E-state index in [2.05, 4.69) is 34.5 Å². The molecule has 0 saturated carbocycles. The highest BCUT2D eigenvalue weighted by Crippen LogP contribution is 2.39. The molecule has 1 amide bonds. The van der Waals surface area contributed by atoms with Crippen LogP contribution in [-0.4, -0.2) is 52.0 Å². The maximum atomic E-state index is 12.4. The lowest BCUT2D eigenvalue weighted by atomic mass is 9.92. The van der Waals surface area contributed by atoms with E-state index >= 15 is 0 Å². The Morgan fingerprint density at radius 1 is 0.946 bits per heavy atom. The summed E-state index contributed by atoms with van der Waals surface area (Å²) in [5.74, 6) is 2.71. The minimum absolute atomic E-state index is 0.189. The number of methoxy groups -OCH3 is 4. The molecule has 0 fully saturated rings. The highest BCUT2D eigenvalue weighted by molar-refractivity contribution is 5.95. The highest BCUT2D eigenvalue weighted by Gasteiger charge is 2.26. The zero-order valence-electron chi connectivity index (χ0n) is 21.9. The Balaban J connectivity index is 1.47. The van der Waals surface area contributed by atoms with Crippen molar-refractivity contribution in [1.29, 1.82) is 0 Å². The summed E-state index contributed by atoms with van der Waals surface area (Å²) in [7, 11) is 6.58. The van der Waals surface area contributed by atoms with Crippen molar-refractivity contribution in [3.05, 3.63) is 82.4 Å². The quantitative estimate of drug-likeness (QED) is 0.339. The molecule has 0 radical (unpaired) electrons. The van der Waals surface area contributed by atoms with Gasteiger partial charge in [-0.1, -0.05) is 0 Å². The molecular formula is C29H33N3O5. The minimum Gasteiger partial charge on any atom is -0.497 e. The Hall–Kier alpha value is -4.04.